The molecule has 0 bridgehead atoms. The lowest BCUT2D eigenvalue weighted by Crippen LogP contribution is -2.48. The molecular formula is C27H37Cl2N3O4S. The van der Waals surface area contributed by atoms with E-state index in [1.165, 1.54) is 9.21 Å². The molecule has 0 aliphatic carbocycles. The molecule has 10 heteroatoms. The minimum absolute atomic E-state index is 0.0424. The third kappa shape index (κ3) is 8.90. The molecule has 1 atom stereocenters. The molecule has 2 amide bonds. The molecule has 0 fully saturated rings. The topological polar surface area (TPSA) is 86.8 Å². The molecule has 0 aliphatic heterocycles. The van der Waals surface area contributed by atoms with Gasteiger partial charge in [-0.05, 0) is 68.5 Å². The summed E-state index contributed by atoms with van der Waals surface area (Å²) in [4.78, 5) is 27.7. The molecule has 0 spiro atoms. The van der Waals surface area contributed by atoms with E-state index in [-0.39, 0.29) is 43.7 Å². The molecular weight excluding hydrogens is 533 g/mol. The number of rotatable bonds is 12. The number of anilines is 1. The van der Waals surface area contributed by atoms with Gasteiger partial charge in [0.1, 0.15) is 6.04 Å². The highest BCUT2D eigenvalue weighted by Crippen LogP contribution is 2.27. The van der Waals surface area contributed by atoms with E-state index in [1.54, 1.807) is 31.2 Å². The number of benzene rings is 2. The third-order valence-electron chi connectivity index (χ3n) is 6.17. The molecule has 37 heavy (non-hydrogen) atoms. The zero-order chi connectivity index (χ0) is 27.9. The zero-order valence-corrected chi connectivity index (χ0v) is 24.7. The molecule has 0 aromatic heterocycles. The Kier molecular flexibility index (Phi) is 11.3. The van der Waals surface area contributed by atoms with Crippen molar-refractivity contribution in [2.45, 2.75) is 60.0 Å². The van der Waals surface area contributed by atoms with E-state index in [0.717, 1.165) is 17.4 Å². The molecule has 2 rings (SSSR count). The Morgan fingerprint density at radius 3 is 2.16 bits per heavy atom. The highest BCUT2D eigenvalue weighted by Gasteiger charge is 2.28. The predicted octanol–water partition coefficient (Wildman–Crippen LogP) is 5.35. The van der Waals surface area contributed by atoms with Crippen molar-refractivity contribution < 1.29 is 18.0 Å². The number of carbonyl (C=O) groups is 2. The van der Waals surface area contributed by atoms with E-state index in [4.69, 9.17) is 23.2 Å². The van der Waals surface area contributed by atoms with Crippen LogP contribution in [-0.2, 0) is 26.2 Å². The van der Waals surface area contributed by atoms with Gasteiger partial charge >= 0.3 is 0 Å². The van der Waals surface area contributed by atoms with E-state index in [1.807, 2.05) is 39.8 Å². The van der Waals surface area contributed by atoms with Gasteiger partial charge in [0, 0.05) is 41.7 Å². The standard InChI is InChI=1S/C27H37Cl2N3O4S/c1-18(2)16-30-27(34)21(5)31(17-23-24(28)9-7-10-25(23)29)26(33)11-8-14-32(37(6,35)36)22-13-12-19(3)20(4)15-22/h7,9-10,12-13,15,18,21H,8,11,14,16-17H2,1-6H3,(H,30,34)/t21-/m1/s1. The monoisotopic (exact) mass is 569 g/mol. The van der Waals surface area contributed by atoms with Gasteiger partial charge in [-0.1, -0.05) is 49.2 Å². The maximum Gasteiger partial charge on any atom is 0.242 e. The smallest absolute Gasteiger partial charge is 0.242 e. The van der Waals surface area contributed by atoms with E-state index in [9.17, 15) is 18.0 Å². The Labute approximate surface area is 231 Å². The van der Waals surface area contributed by atoms with Gasteiger partial charge in [-0.15, -0.1) is 0 Å². The first-order valence-electron chi connectivity index (χ1n) is 12.3. The normalized spacial score (nSPS) is 12.4. The van der Waals surface area contributed by atoms with Gasteiger partial charge < -0.3 is 10.2 Å². The Hall–Kier alpha value is -2.29. The SMILES string of the molecule is Cc1ccc(N(CCCC(=O)N(Cc2c(Cl)cccc2Cl)[C@H](C)C(=O)NCC(C)C)S(C)(=O)=O)cc1C. The number of carbonyl (C=O) groups excluding carboxylic acids is 2. The van der Waals surface area contributed by atoms with Crippen LogP contribution < -0.4 is 9.62 Å². The molecule has 7 nitrogen and oxygen atoms in total. The van der Waals surface area contributed by atoms with E-state index >= 15 is 0 Å². The van der Waals surface area contributed by atoms with Crippen LogP contribution >= 0.6 is 23.2 Å². The first-order valence-corrected chi connectivity index (χ1v) is 14.9. The summed E-state index contributed by atoms with van der Waals surface area (Å²) in [6.45, 7) is 10.2. The third-order valence-corrected chi connectivity index (χ3v) is 8.07. The summed E-state index contributed by atoms with van der Waals surface area (Å²) in [5.41, 5.74) is 3.15. The fourth-order valence-electron chi connectivity index (χ4n) is 3.77. The Balaban J connectivity index is 2.23. The van der Waals surface area contributed by atoms with Crippen LogP contribution in [0.25, 0.3) is 0 Å². The second kappa shape index (κ2) is 13.5. The number of hydrogen-bond acceptors (Lipinski definition) is 4. The summed E-state index contributed by atoms with van der Waals surface area (Å²) in [6, 6.07) is 9.77. The number of sulfonamides is 1. The number of hydrogen-bond donors (Lipinski definition) is 1. The van der Waals surface area contributed by atoms with Crippen molar-refractivity contribution in [2.24, 2.45) is 5.92 Å². The van der Waals surface area contributed by atoms with Crippen LogP contribution in [0.3, 0.4) is 0 Å². The molecule has 2 aromatic rings. The number of nitrogens with zero attached hydrogens (tertiary/aromatic N) is 2. The van der Waals surface area contributed by atoms with Crippen LogP contribution in [0.15, 0.2) is 36.4 Å². The summed E-state index contributed by atoms with van der Waals surface area (Å²) < 4.78 is 26.4. The Morgan fingerprint density at radius 1 is 1.00 bits per heavy atom. The Morgan fingerprint density at radius 2 is 1.62 bits per heavy atom. The van der Waals surface area contributed by atoms with Crippen molar-refractivity contribution in [3.05, 3.63) is 63.1 Å². The number of aryl methyl sites for hydroxylation is 2. The van der Waals surface area contributed by atoms with Crippen LogP contribution in [0, 0.1) is 19.8 Å². The fourth-order valence-corrected chi connectivity index (χ4v) is 5.25. The lowest BCUT2D eigenvalue weighted by molar-refractivity contribution is -0.140. The molecule has 204 valence electrons. The first-order chi connectivity index (χ1) is 17.2. The van der Waals surface area contributed by atoms with Crippen LogP contribution in [0.4, 0.5) is 5.69 Å². The van der Waals surface area contributed by atoms with Gasteiger partial charge in [0.25, 0.3) is 0 Å². The quantitative estimate of drug-likeness (QED) is 0.373. The predicted molar refractivity (Wildman–Crippen MR) is 152 cm³/mol. The van der Waals surface area contributed by atoms with Gasteiger partial charge in [-0.25, -0.2) is 8.42 Å². The second-order valence-electron chi connectivity index (χ2n) is 9.74. The summed E-state index contributed by atoms with van der Waals surface area (Å²) in [5.74, 6) is -0.319. The van der Waals surface area contributed by atoms with Gasteiger partial charge in [-0.3, -0.25) is 13.9 Å². The van der Waals surface area contributed by atoms with Crippen molar-refractivity contribution in [3.63, 3.8) is 0 Å². The average Bonchev–Trinajstić information content (AvgIpc) is 2.80. The van der Waals surface area contributed by atoms with Crippen molar-refractivity contribution in [1.82, 2.24) is 10.2 Å². The van der Waals surface area contributed by atoms with Crippen LogP contribution in [-0.4, -0.2) is 50.5 Å². The lowest BCUT2D eigenvalue weighted by atomic mass is 10.1. The maximum absolute atomic E-state index is 13.4. The Bertz CT molecular complexity index is 1200. The van der Waals surface area contributed by atoms with Crippen LogP contribution in [0.1, 0.15) is 50.3 Å². The minimum atomic E-state index is -3.56. The second-order valence-corrected chi connectivity index (χ2v) is 12.5. The van der Waals surface area contributed by atoms with Crippen LogP contribution in [0.5, 0.6) is 0 Å². The van der Waals surface area contributed by atoms with Crippen molar-refractivity contribution >= 4 is 50.7 Å². The number of halogens is 2. The minimum Gasteiger partial charge on any atom is -0.354 e. The maximum atomic E-state index is 13.4. The fraction of sp³-hybridized carbons (Fsp3) is 0.481. The summed E-state index contributed by atoms with van der Waals surface area (Å²) in [7, 11) is -3.56. The average molecular weight is 571 g/mol. The molecule has 0 aliphatic rings. The molecule has 0 saturated carbocycles. The number of nitrogens with one attached hydrogen (secondary N) is 1. The molecule has 0 saturated heterocycles. The highest BCUT2D eigenvalue weighted by atomic mass is 35.5. The van der Waals surface area contributed by atoms with Gasteiger partial charge in [-0.2, -0.15) is 0 Å². The zero-order valence-electron chi connectivity index (χ0n) is 22.3. The first kappa shape index (κ1) is 30.9. The summed E-state index contributed by atoms with van der Waals surface area (Å²) in [5, 5.41) is 3.67. The molecule has 1 N–H and O–H groups in total. The van der Waals surface area contributed by atoms with Crippen LogP contribution in [0.2, 0.25) is 10.0 Å². The van der Waals surface area contributed by atoms with Gasteiger partial charge in [0.05, 0.1) is 11.9 Å². The molecule has 0 heterocycles. The van der Waals surface area contributed by atoms with Gasteiger partial charge in [0.2, 0.25) is 21.8 Å². The van der Waals surface area contributed by atoms with Crippen molar-refractivity contribution in [1.29, 1.82) is 0 Å². The van der Waals surface area contributed by atoms with E-state index in [2.05, 4.69) is 5.32 Å². The number of amides is 2. The largest absolute Gasteiger partial charge is 0.354 e. The van der Waals surface area contributed by atoms with Crippen molar-refractivity contribution in [2.75, 3.05) is 23.7 Å². The highest BCUT2D eigenvalue weighted by molar-refractivity contribution is 7.92. The molecule has 0 radical (unpaired) electrons. The van der Waals surface area contributed by atoms with E-state index < -0.39 is 16.1 Å². The summed E-state index contributed by atoms with van der Waals surface area (Å²) in [6.07, 6.45) is 1.46. The van der Waals surface area contributed by atoms with E-state index in [0.29, 0.717) is 27.8 Å². The molecule has 2 aromatic carbocycles. The van der Waals surface area contributed by atoms with Gasteiger partial charge in [0.15, 0.2) is 0 Å². The lowest BCUT2D eigenvalue weighted by Gasteiger charge is -2.30. The molecule has 0 unspecified atom stereocenters. The van der Waals surface area contributed by atoms with Crippen molar-refractivity contribution in [3.8, 4) is 0 Å². The summed E-state index contributed by atoms with van der Waals surface area (Å²) >= 11 is 12.7.